The topological polar surface area (TPSA) is 51.1 Å². The van der Waals surface area contributed by atoms with E-state index in [1.165, 1.54) is 12.1 Å². The molecule has 1 aromatic heterocycles. The van der Waals surface area contributed by atoms with Crippen LogP contribution in [0.4, 0.5) is 4.39 Å². The third kappa shape index (κ3) is 4.43. The zero-order valence-electron chi connectivity index (χ0n) is 15.8. The van der Waals surface area contributed by atoms with Crippen LogP contribution in [-0.2, 0) is 24.2 Å². The fourth-order valence-corrected chi connectivity index (χ4v) is 4.01. The zero-order valence-corrected chi connectivity index (χ0v) is 16.6. The van der Waals surface area contributed by atoms with Gasteiger partial charge in [0.15, 0.2) is 5.78 Å². The molecular formula is C21H25FN2O2S. The van der Waals surface area contributed by atoms with Crippen molar-refractivity contribution < 1.29 is 14.0 Å². The molecule has 0 radical (unpaired) electrons. The number of thioether (sulfide) groups is 1. The monoisotopic (exact) mass is 388 g/mol. The molecular weight excluding hydrogens is 363 g/mol. The van der Waals surface area contributed by atoms with E-state index in [1.54, 1.807) is 23.9 Å². The molecule has 0 fully saturated rings. The molecule has 0 spiro atoms. The van der Waals surface area contributed by atoms with E-state index < -0.39 is 0 Å². The van der Waals surface area contributed by atoms with E-state index in [-0.39, 0.29) is 23.9 Å². The first-order chi connectivity index (χ1) is 13.0. The minimum atomic E-state index is -0.261. The van der Waals surface area contributed by atoms with Gasteiger partial charge in [0.05, 0.1) is 6.42 Å². The summed E-state index contributed by atoms with van der Waals surface area (Å²) in [6.45, 7) is 3.18. The van der Waals surface area contributed by atoms with Gasteiger partial charge in [0.2, 0.25) is 5.91 Å². The third-order valence-electron chi connectivity index (χ3n) is 5.07. The summed E-state index contributed by atoms with van der Waals surface area (Å²) in [7, 11) is 0. The SMILES string of the molecule is CSCCNC(=O)Cc1c2c(n(Cc3ccc(F)cc3)c1C)CCCC2=O. The van der Waals surface area contributed by atoms with Gasteiger partial charge in [-0.2, -0.15) is 11.8 Å². The average Bonchev–Trinajstić information content (AvgIpc) is 2.90. The van der Waals surface area contributed by atoms with Crippen LogP contribution in [0.1, 0.15) is 45.7 Å². The van der Waals surface area contributed by atoms with Gasteiger partial charge in [0, 0.05) is 42.2 Å². The number of carbonyl (C=O) groups is 2. The van der Waals surface area contributed by atoms with Crippen LogP contribution in [0.25, 0.3) is 0 Å². The second-order valence-corrected chi connectivity index (χ2v) is 7.88. The lowest BCUT2D eigenvalue weighted by atomic mass is 9.92. The van der Waals surface area contributed by atoms with Crippen LogP contribution in [0.5, 0.6) is 0 Å². The predicted octanol–water partition coefficient (Wildman–Crippen LogP) is 3.52. The minimum Gasteiger partial charge on any atom is -0.355 e. The predicted molar refractivity (Wildman–Crippen MR) is 107 cm³/mol. The Balaban J connectivity index is 1.91. The fourth-order valence-electron chi connectivity index (χ4n) is 3.70. The van der Waals surface area contributed by atoms with Gasteiger partial charge in [0.25, 0.3) is 0 Å². The van der Waals surface area contributed by atoms with Crippen molar-refractivity contribution in [2.45, 2.75) is 39.2 Å². The highest BCUT2D eigenvalue weighted by Crippen LogP contribution is 2.31. The maximum atomic E-state index is 13.2. The van der Waals surface area contributed by atoms with Crippen molar-refractivity contribution in [3.8, 4) is 0 Å². The van der Waals surface area contributed by atoms with Crippen LogP contribution in [0.2, 0.25) is 0 Å². The number of amides is 1. The molecule has 144 valence electrons. The first kappa shape index (κ1) is 19.7. The second-order valence-electron chi connectivity index (χ2n) is 6.89. The fraction of sp³-hybridized carbons (Fsp3) is 0.429. The van der Waals surface area contributed by atoms with E-state index in [0.717, 1.165) is 46.7 Å². The standard InChI is InChI=1S/C21H25FN2O2S/c1-14-17(12-20(26)23-10-11-27-2)21-18(4-3-5-19(21)25)24(14)13-15-6-8-16(22)9-7-15/h6-9H,3-5,10-13H2,1-2H3,(H,23,26). The van der Waals surface area contributed by atoms with Crippen LogP contribution in [0.3, 0.4) is 0 Å². The smallest absolute Gasteiger partial charge is 0.224 e. The third-order valence-corrected chi connectivity index (χ3v) is 5.69. The van der Waals surface area contributed by atoms with E-state index in [0.29, 0.717) is 19.5 Å². The van der Waals surface area contributed by atoms with Crippen LogP contribution in [0.15, 0.2) is 24.3 Å². The molecule has 6 heteroatoms. The molecule has 1 amide bonds. The lowest BCUT2D eigenvalue weighted by molar-refractivity contribution is -0.120. The van der Waals surface area contributed by atoms with Crippen LogP contribution in [-0.4, -0.2) is 34.8 Å². The Labute approximate surface area is 163 Å². The highest BCUT2D eigenvalue weighted by molar-refractivity contribution is 7.98. The largest absolute Gasteiger partial charge is 0.355 e. The number of hydrogen-bond acceptors (Lipinski definition) is 3. The number of carbonyl (C=O) groups excluding carboxylic acids is 2. The highest BCUT2D eigenvalue weighted by Gasteiger charge is 2.28. The van der Waals surface area contributed by atoms with E-state index in [1.807, 2.05) is 13.2 Å². The summed E-state index contributed by atoms with van der Waals surface area (Å²) in [6, 6.07) is 6.43. The Morgan fingerprint density at radius 3 is 2.70 bits per heavy atom. The van der Waals surface area contributed by atoms with Gasteiger partial charge >= 0.3 is 0 Å². The normalized spacial score (nSPS) is 13.5. The number of fused-ring (bicyclic) bond motifs is 1. The second kappa shape index (κ2) is 8.74. The Bertz CT molecular complexity index is 843. The molecule has 4 nitrogen and oxygen atoms in total. The summed E-state index contributed by atoms with van der Waals surface area (Å²) in [5.41, 5.74) is 4.53. The average molecular weight is 389 g/mol. The van der Waals surface area contributed by atoms with Crippen molar-refractivity contribution in [1.29, 1.82) is 0 Å². The summed E-state index contributed by atoms with van der Waals surface area (Å²) in [4.78, 5) is 25.0. The van der Waals surface area contributed by atoms with E-state index >= 15 is 0 Å². The summed E-state index contributed by atoms with van der Waals surface area (Å²) in [6.07, 6.45) is 4.43. The van der Waals surface area contributed by atoms with Crippen molar-refractivity contribution in [1.82, 2.24) is 9.88 Å². The van der Waals surface area contributed by atoms with E-state index in [4.69, 9.17) is 0 Å². The van der Waals surface area contributed by atoms with E-state index in [2.05, 4.69) is 9.88 Å². The number of nitrogens with zero attached hydrogens (tertiary/aromatic N) is 1. The highest BCUT2D eigenvalue weighted by atomic mass is 32.2. The van der Waals surface area contributed by atoms with Crippen molar-refractivity contribution in [2.24, 2.45) is 0 Å². The zero-order chi connectivity index (χ0) is 19.4. The number of halogens is 1. The van der Waals surface area contributed by atoms with Crippen molar-refractivity contribution >= 4 is 23.5 Å². The van der Waals surface area contributed by atoms with Gasteiger partial charge in [-0.05, 0) is 49.3 Å². The quantitative estimate of drug-likeness (QED) is 0.739. The Hall–Kier alpha value is -2.08. The molecule has 0 aliphatic heterocycles. The Morgan fingerprint density at radius 2 is 2.00 bits per heavy atom. The van der Waals surface area contributed by atoms with Crippen LogP contribution >= 0.6 is 11.8 Å². The van der Waals surface area contributed by atoms with Gasteiger partial charge in [-0.25, -0.2) is 4.39 Å². The molecule has 3 rings (SSSR count). The van der Waals surface area contributed by atoms with Crippen molar-refractivity contribution in [2.75, 3.05) is 18.6 Å². The maximum absolute atomic E-state index is 13.2. The van der Waals surface area contributed by atoms with Gasteiger partial charge < -0.3 is 9.88 Å². The first-order valence-electron chi connectivity index (χ1n) is 9.25. The number of aromatic nitrogens is 1. The lowest BCUT2D eigenvalue weighted by Crippen LogP contribution is -2.28. The molecule has 1 heterocycles. The molecule has 0 saturated heterocycles. The van der Waals surface area contributed by atoms with Crippen molar-refractivity contribution in [3.63, 3.8) is 0 Å². The van der Waals surface area contributed by atoms with Crippen molar-refractivity contribution in [3.05, 3.63) is 58.2 Å². The number of ketones is 1. The molecule has 2 aromatic rings. The van der Waals surface area contributed by atoms with Gasteiger partial charge in [0.1, 0.15) is 5.82 Å². The summed E-state index contributed by atoms with van der Waals surface area (Å²) in [5.74, 6) is 0.687. The number of Topliss-reactive ketones (excluding diaryl/α,β-unsaturated/α-hetero) is 1. The number of rotatable bonds is 7. The molecule has 1 aliphatic carbocycles. The molecule has 0 unspecified atom stereocenters. The first-order valence-corrected chi connectivity index (χ1v) is 10.6. The number of benzene rings is 1. The van der Waals surface area contributed by atoms with Gasteiger partial charge in [-0.15, -0.1) is 0 Å². The van der Waals surface area contributed by atoms with E-state index in [9.17, 15) is 14.0 Å². The lowest BCUT2D eigenvalue weighted by Gasteiger charge is -2.16. The molecule has 27 heavy (non-hydrogen) atoms. The van der Waals surface area contributed by atoms with Gasteiger partial charge in [-0.1, -0.05) is 12.1 Å². The Kier molecular flexibility index (Phi) is 6.37. The maximum Gasteiger partial charge on any atom is 0.224 e. The number of hydrogen-bond donors (Lipinski definition) is 1. The molecule has 0 saturated carbocycles. The molecule has 1 N–H and O–H groups in total. The van der Waals surface area contributed by atoms with Gasteiger partial charge in [-0.3, -0.25) is 9.59 Å². The van der Waals surface area contributed by atoms with Crippen LogP contribution < -0.4 is 5.32 Å². The summed E-state index contributed by atoms with van der Waals surface area (Å²) in [5, 5.41) is 2.92. The minimum absolute atomic E-state index is 0.0488. The van der Waals surface area contributed by atoms with Crippen LogP contribution in [0, 0.1) is 12.7 Å². The molecule has 1 aliphatic rings. The molecule has 0 bridgehead atoms. The Morgan fingerprint density at radius 1 is 1.26 bits per heavy atom. The molecule has 0 atom stereocenters. The molecule has 1 aromatic carbocycles. The number of nitrogens with one attached hydrogen (secondary N) is 1. The summed E-state index contributed by atoms with van der Waals surface area (Å²) >= 11 is 1.68. The summed E-state index contributed by atoms with van der Waals surface area (Å²) < 4.78 is 15.3.